The molecule has 2 rings (SSSR count). The first-order chi connectivity index (χ1) is 12.9. The quantitative estimate of drug-likeness (QED) is 0.695. The number of ether oxygens (including phenoxy) is 1. The third kappa shape index (κ3) is 6.17. The second-order valence-corrected chi connectivity index (χ2v) is 7.34. The number of carbonyl (C=O) groups is 3. The van der Waals surface area contributed by atoms with Crippen LogP contribution < -0.4 is 10.6 Å². The van der Waals surface area contributed by atoms with E-state index in [4.69, 9.17) is 4.74 Å². The van der Waals surface area contributed by atoms with E-state index in [9.17, 15) is 14.4 Å². The Bertz CT molecular complexity index is 647. The van der Waals surface area contributed by atoms with Crippen LogP contribution in [0.4, 0.5) is 0 Å². The number of amides is 2. The summed E-state index contributed by atoms with van der Waals surface area (Å²) < 4.78 is 5.39. The first-order valence-corrected chi connectivity index (χ1v) is 9.69. The summed E-state index contributed by atoms with van der Waals surface area (Å²) in [5, 5.41) is 5.74. The fourth-order valence-corrected chi connectivity index (χ4v) is 3.22. The highest BCUT2D eigenvalue weighted by molar-refractivity contribution is 5.94. The maximum absolute atomic E-state index is 12.3. The SMILES string of the molecule is CCC1OCC(=O)C1NC(=O)CC(C)C(C)CCNC(=O)c1ccccc1. The molecule has 1 aliphatic heterocycles. The number of hydrogen-bond donors (Lipinski definition) is 2. The van der Waals surface area contributed by atoms with Gasteiger partial charge in [0.15, 0.2) is 5.78 Å². The van der Waals surface area contributed by atoms with Gasteiger partial charge in [-0.1, -0.05) is 39.0 Å². The molecule has 4 atom stereocenters. The van der Waals surface area contributed by atoms with Crippen LogP contribution in [0.15, 0.2) is 30.3 Å². The maximum atomic E-state index is 12.3. The molecule has 1 aliphatic rings. The fraction of sp³-hybridized carbons (Fsp3) is 0.571. The molecule has 1 aromatic carbocycles. The van der Waals surface area contributed by atoms with Crippen molar-refractivity contribution >= 4 is 17.6 Å². The molecular formula is C21H30N2O4. The van der Waals surface area contributed by atoms with E-state index in [-0.39, 0.29) is 42.1 Å². The largest absolute Gasteiger partial charge is 0.368 e. The van der Waals surface area contributed by atoms with Crippen molar-refractivity contribution in [2.75, 3.05) is 13.2 Å². The molecule has 6 heteroatoms. The van der Waals surface area contributed by atoms with E-state index in [2.05, 4.69) is 17.6 Å². The average molecular weight is 374 g/mol. The number of carbonyl (C=O) groups excluding carboxylic acids is 3. The third-order valence-corrected chi connectivity index (χ3v) is 5.28. The lowest BCUT2D eigenvalue weighted by Crippen LogP contribution is -2.45. The smallest absolute Gasteiger partial charge is 0.251 e. The van der Waals surface area contributed by atoms with Crippen molar-refractivity contribution in [3.63, 3.8) is 0 Å². The van der Waals surface area contributed by atoms with Crippen molar-refractivity contribution in [3.8, 4) is 0 Å². The maximum Gasteiger partial charge on any atom is 0.251 e. The summed E-state index contributed by atoms with van der Waals surface area (Å²) in [6.45, 7) is 6.68. The Hall–Kier alpha value is -2.21. The van der Waals surface area contributed by atoms with Crippen LogP contribution in [0.2, 0.25) is 0 Å². The van der Waals surface area contributed by atoms with Gasteiger partial charge in [0.2, 0.25) is 5.91 Å². The summed E-state index contributed by atoms with van der Waals surface area (Å²) >= 11 is 0. The Balaban J connectivity index is 1.71. The zero-order valence-electron chi connectivity index (χ0n) is 16.4. The Morgan fingerprint density at radius 2 is 1.89 bits per heavy atom. The summed E-state index contributed by atoms with van der Waals surface area (Å²) in [5.41, 5.74) is 0.645. The molecule has 0 aromatic heterocycles. The number of benzene rings is 1. The summed E-state index contributed by atoms with van der Waals surface area (Å²) in [4.78, 5) is 36.2. The second kappa shape index (κ2) is 10.2. The fourth-order valence-electron chi connectivity index (χ4n) is 3.22. The van der Waals surface area contributed by atoms with Crippen molar-refractivity contribution in [2.24, 2.45) is 11.8 Å². The van der Waals surface area contributed by atoms with Gasteiger partial charge in [-0.05, 0) is 36.8 Å². The second-order valence-electron chi connectivity index (χ2n) is 7.34. The molecule has 6 nitrogen and oxygen atoms in total. The molecule has 1 heterocycles. The van der Waals surface area contributed by atoms with Gasteiger partial charge < -0.3 is 15.4 Å². The van der Waals surface area contributed by atoms with E-state index >= 15 is 0 Å². The van der Waals surface area contributed by atoms with Crippen LogP contribution in [0.1, 0.15) is 50.4 Å². The normalized spacial score (nSPS) is 21.5. The van der Waals surface area contributed by atoms with Gasteiger partial charge in [-0.3, -0.25) is 14.4 Å². The Labute approximate surface area is 161 Å². The minimum Gasteiger partial charge on any atom is -0.368 e. The highest BCUT2D eigenvalue weighted by atomic mass is 16.5. The van der Waals surface area contributed by atoms with Gasteiger partial charge in [0.1, 0.15) is 12.6 Å². The number of ketones is 1. The van der Waals surface area contributed by atoms with Crippen molar-refractivity contribution in [1.82, 2.24) is 10.6 Å². The van der Waals surface area contributed by atoms with Crippen LogP contribution in [0.25, 0.3) is 0 Å². The minimum absolute atomic E-state index is 0.0560. The van der Waals surface area contributed by atoms with E-state index in [1.165, 1.54) is 0 Å². The molecule has 27 heavy (non-hydrogen) atoms. The molecule has 148 valence electrons. The van der Waals surface area contributed by atoms with Gasteiger partial charge in [0.05, 0.1) is 6.10 Å². The van der Waals surface area contributed by atoms with Crippen molar-refractivity contribution in [1.29, 1.82) is 0 Å². The molecule has 0 saturated carbocycles. The number of rotatable bonds is 9. The summed E-state index contributed by atoms with van der Waals surface area (Å²) in [6.07, 6.45) is 1.62. The summed E-state index contributed by atoms with van der Waals surface area (Å²) in [5.74, 6) is 0.156. The van der Waals surface area contributed by atoms with Crippen LogP contribution in [-0.4, -0.2) is 42.9 Å². The number of Topliss-reactive ketones (excluding diaryl/α,β-unsaturated/α-hetero) is 1. The molecule has 0 bridgehead atoms. The molecular weight excluding hydrogens is 344 g/mol. The topological polar surface area (TPSA) is 84.5 Å². The molecule has 1 fully saturated rings. The number of nitrogens with one attached hydrogen (secondary N) is 2. The van der Waals surface area contributed by atoms with Gasteiger partial charge in [-0.15, -0.1) is 0 Å². The highest BCUT2D eigenvalue weighted by Gasteiger charge is 2.35. The summed E-state index contributed by atoms with van der Waals surface area (Å²) in [6, 6.07) is 8.59. The molecule has 1 aromatic rings. The van der Waals surface area contributed by atoms with Gasteiger partial charge in [0, 0.05) is 18.5 Å². The Morgan fingerprint density at radius 1 is 1.19 bits per heavy atom. The van der Waals surface area contributed by atoms with Gasteiger partial charge >= 0.3 is 0 Å². The van der Waals surface area contributed by atoms with Crippen LogP contribution >= 0.6 is 0 Å². The predicted octanol–water partition coefficient (Wildman–Crippen LogP) is 2.33. The van der Waals surface area contributed by atoms with E-state index in [0.29, 0.717) is 24.9 Å². The minimum atomic E-state index is -0.518. The molecule has 4 unspecified atom stereocenters. The number of hydrogen-bond acceptors (Lipinski definition) is 4. The van der Waals surface area contributed by atoms with Gasteiger partial charge in [-0.25, -0.2) is 0 Å². The van der Waals surface area contributed by atoms with Gasteiger partial charge in [0.25, 0.3) is 5.91 Å². The molecule has 0 aliphatic carbocycles. The van der Waals surface area contributed by atoms with Crippen LogP contribution in [-0.2, 0) is 14.3 Å². The van der Waals surface area contributed by atoms with E-state index < -0.39 is 6.04 Å². The van der Waals surface area contributed by atoms with Crippen LogP contribution in [0.5, 0.6) is 0 Å². The van der Waals surface area contributed by atoms with E-state index in [1.54, 1.807) is 12.1 Å². The molecule has 0 spiro atoms. The highest BCUT2D eigenvalue weighted by Crippen LogP contribution is 2.19. The van der Waals surface area contributed by atoms with Crippen LogP contribution in [0.3, 0.4) is 0 Å². The summed E-state index contributed by atoms with van der Waals surface area (Å²) in [7, 11) is 0. The third-order valence-electron chi connectivity index (χ3n) is 5.28. The zero-order chi connectivity index (χ0) is 19.8. The lowest BCUT2D eigenvalue weighted by Gasteiger charge is -2.22. The van der Waals surface area contributed by atoms with Crippen molar-refractivity contribution in [2.45, 2.75) is 52.2 Å². The average Bonchev–Trinajstić information content (AvgIpc) is 3.01. The predicted molar refractivity (Wildman–Crippen MR) is 103 cm³/mol. The Kier molecular flexibility index (Phi) is 7.98. The van der Waals surface area contributed by atoms with E-state index in [0.717, 1.165) is 6.42 Å². The standard InChI is InChI=1S/C21H30N2O4/c1-4-18-20(17(24)13-27-18)23-19(25)12-15(3)14(2)10-11-22-21(26)16-8-6-5-7-9-16/h5-9,14-15,18,20H,4,10-13H2,1-3H3,(H,22,26)(H,23,25). The molecule has 2 amide bonds. The molecule has 1 saturated heterocycles. The van der Waals surface area contributed by atoms with Crippen molar-refractivity contribution < 1.29 is 19.1 Å². The van der Waals surface area contributed by atoms with Crippen molar-refractivity contribution in [3.05, 3.63) is 35.9 Å². The monoisotopic (exact) mass is 374 g/mol. The van der Waals surface area contributed by atoms with Gasteiger partial charge in [-0.2, -0.15) is 0 Å². The first-order valence-electron chi connectivity index (χ1n) is 9.69. The zero-order valence-corrected chi connectivity index (χ0v) is 16.4. The Morgan fingerprint density at radius 3 is 2.56 bits per heavy atom. The first kappa shape index (κ1) is 21.1. The van der Waals surface area contributed by atoms with E-state index in [1.807, 2.05) is 32.0 Å². The lowest BCUT2D eigenvalue weighted by atomic mass is 9.89. The van der Waals surface area contributed by atoms with Crippen LogP contribution in [0, 0.1) is 11.8 Å². The molecule has 2 N–H and O–H groups in total. The molecule has 0 radical (unpaired) electrons. The lowest BCUT2D eigenvalue weighted by molar-refractivity contribution is -0.127.